The summed E-state index contributed by atoms with van der Waals surface area (Å²) in [6, 6.07) is 0.00440. The summed E-state index contributed by atoms with van der Waals surface area (Å²) in [6.45, 7) is 7.29. The Morgan fingerprint density at radius 2 is 2.10 bits per heavy atom. The number of aliphatic hydroxyl groups is 1. The normalized spacial score (nSPS) is 20.9. The number of likely N-dealkylation sites (tertiary alicyclic amines) is 1. The number of nitrogens with one attached hydrogen (secondary N) is 1. The highest BCUT2D eigenvalue weighted by molar-refractivity contribution is 5.81. The van der Waals surface area contributed by atoms with Gasteiger partial charge in [-0.05, 0) is 25.2 Å². The fraction of sp³-hybridized carbons (Fsp3) is 0.867. The zero-order chi connectivity index (χ0) is 15.1. The van der Waals surface area contributed by atoms with E-state index in [1.807, 2.05) is 20.8 Å². The molecule has 0 radical (unpaired) electrons. The van der Waals surface area contributed by atoms with E-state index in [-0.39, 0.29) is 30.4 Å². The summed E-state index contributed by atoms with van der Waals surface area (Å²) >= 11 is 0. The zero-order valence-corrected chi connectivity index (χ0v) is 12.9. The van der Waals surface area contributed by atoms with E-state index >= 15 is 0 Å². The molecule has 1 rings (SSSR count). The van der Waals surface area contributed by atoms with Crippen LogP contribution in [0.4, 0.5) is 0 Å². The second-order valence-corrected chi connectivity index (χ2v) is 5.90. The first-order valence-electron chi connectivity index (χ1n) is 7.68. The minimum atomic E-state index is -0.112. The van der Waals surface area contributed by atoms with Crippen LogP contribution in [0.5, 0.6) is 0 Å². The second kappa shape index (κ2) is 8.25. The van der Waals surface area contributed by atoms with Crippen molar-refractivity contribution < 1.29 is 14.7 Å². The van der Waals surface area contributed by atoms with Gasteiger partial charge in [-0.15, -0.1) is 0 Å². The van der Waals surface area contributed by atoms with E-state index in [2.05, 4.69) is 5.32 Å². The lowest BCUT2D eigenvalue weighted by molar-refractivity contribution is -0.135. The molecule has 2 amide bonds. The van der Waals surface area contributed by atoms with E-state index in [4.69, 9.17) is 5.11 Å². The fourth-order valence-electron chi connectivity index (χ4n) is 2.65. The Hall–Kier alpha value is -1.10. The number of rotatable bonds is 6. The van der Waals surface area contributed by atoms with Crippen LogP contribution in [-0.4, -0.2) is 47.6 Å². The quantitative estimate of drug-likeness (QED) is 0.769. The molecule has 5 nitrogen and oxygen atoms in total. The molecule has 1 aliphatic heterocycles. The molecule has 1 fully saturated rings. The lowest BCUT2D eigenvalue weighted by atomic mass is 9.94. The summed E-state index contributed by atoms with van der Waals surface area (Å²) in [5.74, 6) is 0.325. The van der Waals surface area contributed by atoms with Crippen LogP contribution in [0.15, 0.2) is 0 Å². The molecule has 116 valence electrons. The second-order valence-electron chi connectivity index (χ2n) is 5.90. The first-order chi connectivity index (χ1) is 9.49. The molecule has 20 heavy (non-hydrogen) atoms. The Labute approximate surface area is 121 Å². The molecule has 0 aromatic heterocycles. The molecular formula is C15H28N2O3. The number of nitrogens with zero attached hydrogens (tertiary/aromatic N) is 1. The third-order valence-electron chi connectivity index (χ3n) is 4.02. The molecule has 0 saturated carbocycles. The average Bonchev–Trinajstić information content (AvgIpc) is 2.45. The number of amides is 2. The van der Waals surface area contributed by atoms with Crippen LogP contribution in [0, 0.1) is 11.8 Å². The van der Waals surface area contributed by atoms with Gasteiger partial charge in [-0.1, -0.05) is 20.8 Å². The van der Waals surface area contributed by atoms with E-state index in [0.29, 0.717) is 25.3 Å². The monoisotopic (exact) mass is 284 g/mol. The van der Waals surface area contributed by atoms with Crippen LogP contribution in [0.25, 0.3) is 0 Å². The molecule has 0 aliphatic carbocycles. The molecule has 2 unspecified atom stereocenters. The number of hydrogen-bond acceptors (Lipinski definition) is 3. The molecule has 1 aliphatic rings. The van der Waals surface area contributed by atoms with E-state index in [1.165, 1.54) is 0 Å². The third kappa shape index (κ3) is 4.78. The van der Waals surface area contributed by atoms with Crippen molar-refractivity contribution in [3.8, 4) is 0 Å². The Morgan fingerprint density at radius 3 is 2.65 bits per heavy atom. The summed E-state index contributed by atoms with van der Waals surface area (Å²) in [4.78, 5) is 25.8. The van der Waals surface area contributed by atoms with Gasteiger partial charge in [0.05, 0.1) is 5.92 Å². The predicted molar refractivity (Wildman–Crippen MR) is 78.1 cm³/mol. The molecule has 5 heteroatoms. The van der Waals surface area contributed by atoms with Gasteiger partial charge in [0, 0.05) is 32.2 Å². The SMILES string of the molecule is CCC(=O)N1CCCC(C(=O)NC(CCO)C(C)C)C1. The summed E-state index contributed by atoms with van der Waals surface area (Å²) in [7, 11) is 0. The van der Waals surface area contributed by atoms with Gasteiger partial charge in [-0.3, -0.25) is 9.59 Å². The van der Waals surface area contributed by atoms with Crippen molar-refractivity contribution in [1.29, 1.82) is 0 Å². The number of piperidine rings is 1. The molecule has 1 saturated heterocycles. The van der Waals surface area contributed by atoms with E-state index < -0.39 is 0 Å². The number of hydrogen-bond donors (Lipinski definition) is 2. The van der Waals surface area contributed by atoms with Gasteiger partial charge >= 0.3 is 0 Å². The number of carbonyl (C=O) groups excluding carboxylic acids is 2. The minimum absolute atomic E-state index is 0.00440. The van der Waals surface area contributed by atoms with Gasteiger partial charge < -0.3 is 15.3 Å². The van der Waals surface area contributed by atoms with Crippen molar-refractivity contribution in [3.63, 3.8) is 0 Å². The highest BCUT2D eigenvalue weighted by Crippen LogP contribution is 2.18. The maximum atomic E-state index is 12.3. The van der Waals surface area contributed by atoms with Crippen molar-refractivity contribution in [1.82, 2.24) is 10.2 Å². The molecule has 0 bridgehead atoms. The Balaban J connectivity index is 2.55. The lowest BCUT2D eigenvalue weighted by Gasteiger charge is -2.33. The minimum Gasteiger partial charge on any atom is -0.396 e. The predicted octanol–water partition coefficient (Wildman–Crippen LogP) is 1.16. The largest absolute Gasteiger partial charge is 0.396 e. The molecule has 1 heterocycles. The highest BCUT2D eigenvalue weighted by Gasteiger charge is 2.29. The standard InChI is InChI=1S/C15H28N2O3/c1-4-14(19)17-8-5-6-12(10-17)15(20)16-13(7-9-18)11(2)3/h11-13,18H,4-10H2,1-3H3,(H,16,20). The van der Waals surface area contributed by atoms with Crippen LogP contribution in [0.1, 0.15) is 46.5 Å². The van der Waals surface area contributed by atoms with Gasteiger partial charge in [-0.2, -0.15) is 0 Å². The summed E-state index contributed by atoms with van der Waals surface area (Å²) in [6.07, 6.45) is 2.79. The zero-order valence-electron chi connectivity index (χ0n) is 12.9. The smallest absolute Gasteiger partial charge is 0.225 e. The van der Waals surface area contributed by atoms with E-state index in [0.717, 1.165) is 19.4 Å². The number of carbonyl (C=O) groups is 2. The van der Waals surface area contributed by atoms with Gasteiger partial charge in [0.1, 0.15) is 0 Å². The summed E-state index contributed by atoms with van der Waals surface area (Å²) < 4.78 is 0. The molecule has 2 N–H and O–H groups in total. The van der Waals surface area contributed by atoms with Crippen LogP contribution >= 0.6 is 0 Å². The molecule has 0 spiro atoms. The number of aliphatic hydroxyl groups excluding tert-OH is 1. The Morgan fingerprint density at radius 1 is 1.40 bits per heavy atom. The van der Waals surface area contributed by atoms with Gasteiger partial charge in [0.15, 0.2) is 0 Å². The molecule has 0 aromatic carbocycles. The maximum Gasteiger partial charge on any atom is 0.225 e. The lowest BCUT2D eigenvalue weighted by Crippen LogP contribution is -2.48. The van der Waals surface area contributed by atoms with E-state index in [1.54, 1.807) is 4.90 Å². The van der Waals surface area contributed by atoms with Crippen molar-refractivity contribution in [3.05, 3.63) is 0 Å². The first kappa shape index (κ1) is 17.0. The molecule has 0 aromatic rings. The fourth-order valence-corrected chi connectivity index (χ4v) is 2.65. The Bertz CT molecular complexity index is 331. The highest BCUT2D eigenvalue weighted by atomic mass is 16.3. The van der Waals surface area contributed by atoms with Gasteiger partial charge in [-0.25, -0.2) is 0 Å². The first-order valence-corrected chi connectivity index (χ1v) is 7.68. The van der Waals surface area contributed by atoms with Crippen molar-refractivity contribution in [2.45, 2.75) is 52.5 Å². The van der Waals surface area contributed by atoms with Crippen LogP contribution in [0.2, 0.25) is 0 Å². The topological polar surface area (TPSA) is 69.6 Å². The Kier molecular flexibility index (Phi) is 6.99. The van der Waals surface area contributed by atoms with Crippen molar-refractivity contribution >= 4 is 11.8 Å². The van der Waals surface area contributed by atoms with Crippen molar-refractivity contribution in [2.24, 2.45) is 11.8 Å². The van der Waals surface area contributed by atoms with Crippen LogP contribution in [-0.2, 0) is 9.59 Å². The van der Waals surface area contributed by atoms with Gasteiger partial charge in [0.25, 0.3) is 0 Å². The van der Waals surface area contributed by atoms with Gasteiger partial charge in [0.2, 0.25) is 11.8 Å². The maximum absolute atomic E-state index is 12.3. The molecule has 2 atom stereocenters. The van der Waals surface area contributed by atoms with E-state index in [9.17, 15) is 9.59 Å². The van der Waals surface area contributed by atoms with Crippen LogP contribution in [0.3, 0.4) is 0 Å². The molecular weight excluding hydrogens is 256 g/mol. The summed E-state index contributed by atoms with van der Waals surface area (Å²) in [5.41, 5.74) is 0. The average molecular weight is 284 g/mol. The van der Waals surface area contributed by atoms with Crippen LogP contribution < -0.4 is 5.32 Å². The van der Waals surface area contributed by atoms with Crippen molar-refractivity contribution in [2.75, 3.05) is 19.7 Å². The summed E-state index contributed by atoms with van der Waals surface area (Å²) in [5, 5.41) is 12.1. The third-order valence-corrected chi connectivity index (χ3v) is 4.02.